The zero-order valence-corrected chi connectivity index (χ0v) is 20.2. The molecule has 3 rings (SSSR count). The van der Waals surface area contributed by atoms with Crippen molar-refractivity contribution in [3.8, 4) is 5.75 Å². The molecular formula is C26H33ClN2O3. The van der Waals surface area contributed by atoms with E-state index in [1.165, 1.54) is 0 Å². The Kier molecular flexibility index (Phi) is 8.19. The Labute approximate surface area is 196 Å². The number of nitrogens with one attached hydrogen (secondary N) is 1. The lowest BCUT2D eigenvalue weighted by atomic mass is 10.1. The summed E-state index contributed by atoms with van der Waals surface area (Å²) in [5.41, 5.74) is 3.89. The highest BCUT2D eigenvalue weighted by Gasteiger charge is 2.29. The highest BCUT2D eigenvalue weighted by Crippen LogP contribution is 2.26. The molecule has 1 atom stereocenters. The molecule has 0 spiro atoms. The minimum atomic E-state index is -0.597. The molecule has 0 unspecified atom stereocenters. The molecule has 1 aliphatic carbocycles. The fourth-order valence-corrected chi connectivity index (χ4v) is 4.27. The molecule has 0 aliphatic heterocycles. The maximum Gasteiger partial charge on any atom is 0.261 e. The standard InChI is InChI=1S/C26H33ClN2O3/c1-17-9-5-6-10-21(17)15-29(20(4)26(31)28-22-11-7-8-12-22)24(30)16-32-23-13-18(2)25(27)19(3)14-23/h5-6,9-10,13-14,20,22H,7-8,11-12,15-16H2,1-4H3,(H,28,31)/t20-/m1/s1. The smallest absolute Gasteiger partial charge is 0.261 e. The molecule has 2 aromatic carbocycles. The summed E-state index contributed by atoms with van der Waals surface area (Å²) in [6.07, 6.45) is 4.28. The van der Waals surface area contributed by atoms with Crippen molar-refractivity contribution in [2.45, 2.75) is 72.0 Å². The largest absolute Gasteiger partial charge is 0.484 e. The van der Waals surface area contributed by atoms with E-state index in [1.54, 1.807) is 11.8 Å². The van der Waals surface area contributed by atoms with Crippen molar-refractivity contribution in [3.05, 3.63) is 63.7 Å². The molecule has 1 fully saturated rings. The first-order valence-electron chi connectivity index (χ1n) is 11.3. The van der Waals surface area contributed by atoms with Gasteiger partial charge in [0.15, 0.2) is 6.61 Å². The van der Waals surface area contributed by atoms with Crippen LogP contribution in [0.15, 0.2) is 36.4 Å². The molecule has 0 aromatic heterocycles. The Morgan fingerprint density at radius 1 is 1.09 bits per heavy atom. The summed E-state index contributed by atoms with van der Waals surface area (Å²) in [7, 11) is 0. The Morgan fingerprint density at radius 2 is 1.72 bits per heavy atom. The van der Waals surface area contributed by atoms with Crippen LogP contribution >= 0.6 is 11.6 Å². The van der Waals surface area contributed by atoms with Crippen molar-refractivity contribution >= 4 is 23.4 Å². The van der Waals surface area contributed by atoms with Gasteiger partial charge in [-0.25, -0.2) is 0 Å². The van der Waals surface area contributed by atoms with Crippen molar-refractivity contribution in [1.82, 2.24) is 10.2 Å². The molecule has 0 bridgehead atoms. The van der Waals surface area contributed by atoms with Gasteiger partial charge in [0.25, 0.3) is 5.91 Å². The molecule has 1 saturated carbocycles. The quantitative estimate of drug-likeness (QED) is 0.599. The summed E-state index contributed by atoms with van der Waals surface area (Å²) in [6, 6.07) is 11.2. The third-order valence-corrected chi connectivity index (χ3v) is 6.84. The van der Waals surface area contributed by atoms with Gasteiger partial charge in [0.2, 0.25) is 5.91 Å². The highest BCUT2D eigenvalue weighted by atomic mass is 35.5. The lowest BCUT2D eigenvalue weighted by Crippen LogP contribution is -2.50. The van der Waals surface area contributed by atoms with Gasteiger partial charge in [-0.15, -0.1) is 0 Å². The van der Waals surface area contributed by atoms with Gasteiger partial charge in [0.1, 0.15) is 11.8 Å². The number of carbonyl (C=O) groups is 2. The Hall–Kier alpha value is -2.53. The number of hydrogen-bond acceptors (Lipinski definition) is 3. The van der Waals surface area contributed by atoms with E-state index >= 15 is 0 Å². The molecule has 2 aromatic rings. The van der Waals surface area contributed by atoms with Gasteiger partial charge in [-0.2, -0.15) is 0 Å². The van der Waals surface area contributed by atoms with E-state index in [-0.39, 0.29) is 24.5 Å². The SMILES string of the molecule is Cc1ccccc1CN(C(=O)COc1cc(C)c(Cl)c(C)c1)[C@H](C)C(=O)NC1CCCC1. The molecule has 0 saturated heterocycles. The number of hydrogen-bond donors (Lipinski definition) is 1. The zero-order chi connectivity index (χ0) is 23.3. The van der Waals surface area contributed by atoms with E-state index in [1.807, 2.05) is 57.2 Å². The number of carbonyl (C=O) groups excluding carboxylic acids is 2. The summed E-state index contributed by atoms with van der Waals surface area (Å²) >= 11 is 6.24. The number of nitrogens with zero attached hydrogens (tertiary/aromatic N) is 1. The van der Waals surface area contributed by atoms with Gasteiger partial charge < -0.3 is 15.0 Å². The van der Waals surface area contributed by atoms with Gasteiger partial charge >= 0.3 is 0 Å². The van der Waals surface area contributed by atoms with E-state index in [4.69, 9.17) is 16.3 Å². The number of rotatable bonds is 8. The van der Waals surface area contributed by atoms with E-state index in [9.17, 15) is 9.59 Å². The van der Waals surface area contributed by atoms with Gasteiger partial charge in [-0.1, -0.05) is 48.7 Å². The molecule has 1 aliphatic rings. The minimum absolute atomic E-state index is 0.114. The molecular weight excluding hydrogens is 424 g/mol. The van der Waals surface area contributed by atoms with Crippen LogP contribution in [0.4, 0.5) is 0 Å². The summed E-state index contributed by atoms with van der Waals surface area (Å²) < 4.78 is 5.82. The van der Waals surface area contributed by atoms with Gasteiger partial charge in [-0.05, 0) is 74.9 Å². The molecule has 0 heterocycles. The lowest BCUT2D eigenvalue weighted by molar-refractivity contribution is -0.142. The maximum atomic E-state index is 13.2. The summed E-state index contributed by atoms with van der Waals surface area (Å²) in [5, 5.41) is 3.82. The van der Waals surface area contributed by atoms with E-state index < -0.39 is 6.04 Å². The number of ether oxygens (including phenoxy) is 1. The number of amides is 2. The van der Waals surface area contributed by atoms with Gasteiger partial charge in [-0.3, -0.25) is 9.59 Å². The average molecular weight is 457 g/mol. The molecule has 1 N–H and O–H groups in total. The zero-order valence-electron chi connectivity index (χ0n) is 19.4. The highest BCUT2D eigenvalue weighted by molar-refractivity contribution is 6.32. The summed E-state index contributed by atoms with van der Waals surface area (Å²) in [4.78, 5) is 27.8. The molecule has 2 amide bonds. The van der Waals surface area contributed by atoms with E-state index in [2.05, 4.69) is 5.32 Å². The second-order valence-corrected chi connectivity index (χ2v) is 9.15. The normalized spacial score (nSPS) is 14.8. The predicted octanol–water partition coefficient (Wildman–Crippen LogP) is 5.12. The van der Waals surface area contributed by atoms with Crippen LogP contribution in [-0.4, -0.2) is 35.4 Å². The average Bonchev–Trinajstić information content (AvgIpc) is 3.27. The molecule has 0 radical (unpaired) electrons. The van der Waals surface area contributed by atoms with Crippen LogP contribution in [0.5, 0.6) is 5.75 Å². The molecule has 6 heteroatoms. The van der Waals surface area contributed by atoms with Crippen molar-refractivity contribution in [2.24, 2.45) is 0 Å². The third-order valence-electron chi connectivity index (χ3n) is 6.24. The van der Waals surface area contributed by atoms with Crippen molar-refractivity contribution < 1.29 is 14.3 Å². The van der Waals surface area contributed by atoms with Gasteiger partial charge in [0, 0.05) is 17.6 Å². The molecule has 5 nitrogen and oxygen atoms in total. The lowest BCUT2D eigenvalue weighted by Gasteiger charge is -2.30. The second kappa shape index (κ2) is 10.9. The predicted molar refractivity (Wildman–Crippen MR) is 128 cm³/mol. The van der Waals surface area contributed by atoms with Crippen LogP contribution in [0.25, 0.3) is 0 Å². The van der Waals surface area contributed by atoms with E-state index in [0.717, 1.165) is 47.9 Å². The Bertz CT molecular complexity index is 946. The van der Waals surface area contributed by atoms with Crippen LogP contribution in [0.2, 0.25) is 5.02 Å². The fourth-order valence-electron chi connectivity index (χ4n) is 4.16. The third kappa shape index (κ3) is 6.04. The Balaban J connectivity index is 1.75. The van der Waals surface area contributed by atoms with Crippen LogP contribution in [0.1, 0.15) is 54.9 Å². The number of halogens is 1. The van der Waals surface area contributed by atoms with Crippen LogP contribution in [-0.2, 0) is 16.1 Å². The van der Waals surface area contributed by atoms with Crippen LogP contribution in [0.3, 0.4) is 0 Å². The van der Waals surface area contributed by atoms with Crippen molar-refractivity contribution in [2.75, 3.05) is 6.61 Å². The monoisotopic (exact) mass is 456 g/mol. The van der Waals surface area contributed by atoms with Crippen LogP contribution < -0.4 is 10.1 Å². The molecule has 172 valence electrons. The Morgan fingerprint density at radius 3 is 2.34 bits per heavy atom. The maximum absolute atomic E-state index is 13.2. The van der Waals surface area contributed by atoms with Gasteiger partial charge in [0.05, 0.1) is 0 Å². The number of aryl methyl sites for hydroxylation is 3. The molecule has 32 heavy (non-hydrogen) atoms. The van der Waals surface area contributed by atoms with E-state index in [0.29, 0.717) is 17.3 Å². The first-order valence-corrected chi connectivity index (χ1v) is 11.7. The summed E-state index contributed by atoms with van der Waals surface area (Å²) in [6.45, 7) is 7.82. The minimum Gasteiger partial charge on any atom is -0.484 e. The number of benzene rings is 2. The van der Waals surface area contributed by atoms with Crippen molar-refractivity contribution in [1.29, 1.82) is 0 Å². The first-order chi connectivity index (χ1) is 15.3. The fraction of sp³-hybridized carbons (Fsp3) is 0.462. The van der Waals surface area contributed by atoms with Crippen molar-refractivity contribution in [3.63, 3.8) is 0 Å². The topological polar surface area (TPSA) is 58.6 Å². The van der Waals surface area contributed by atoms with Crippen LogP contribution in [0, 0.1) is 20.8 Å². The first kappa shape index (κ1) is 24.1. The summed E-state index contributed by atoms with van der Waals surface area (Å²) in [5.74, 6) is 0.251. The second-order valence-electron chi connectivity index (χ2n) is 8.77.